The number of amidine groups is 2. The Morgan fingerprint density at radius 3 is 2.56 bits per heavy atom. The van der Waals surface area contributed by atoms with Crippen LogP contribution in [0.25, 0.3) is 5.69 Å². The zero-order chi connectivity index (χ0) is 27.5. The second-order valence-electron chi connectivity index (χ2n) is 9.98. The van der Waals surface area contributed by atoms with Gasteiger partial charge >= 0.3 is 0 Å². The van der Waals surface area contributed by atoms with E-state index in [9.17, 15) is 0 Å². The van der Waals surface area contributed by atoms with Gasteiger partial charge in [-0.2, -0.15) is 5.10 Å². The van der Waals surface area contributed by atoms with E-state index in [0.29, 0.717) is 17.4 Å². The third-order valence-electron chi connectivity index (χ3n) is 7.44. The first-order chi connectivity index (χ1) is 20.1. The van der Waals surface area contributed by atoms with E-state index in [1.165, 1.54) is 0 Å². The minimum atomic E-state index is -0.197. The molecule has 0 aliphatic carbocycles. The van der Waals surface area contributed by atoms with Gasteiger partial charge in [-0.3, -0.25) is 0 Å². The van der Waals surface area contributed by atoms with E-state index in [1.54, 1.807) is 0 Å². The summed E-state index contributed by atoms with van der Waals surface area (Å²) in [5, 5.41) is 8.54. The summed E-state index contributed by atoms with van der Waals surface area (Å²) in [6.45, 7) is 2.27. The van der Waals surface area contributed by atoms with Gasteiger partial charge in [0.2, 0.25) is 6.79 Å². The lowest BCUT2D eigenvalue weighted by Gasteiger charge is -2.40. The molecule has 0 amide bonds. The van der Waals surface area contributed by atoms with Crippen LogP contribution >= 0.6 is 15.9 Å². The van der Waals surface area contributed by atoms with Gasteiger partial charge in [0.1, 0.15) is 0 Å². The van der Waals surface area contributed by atoms with Crippen LogP contribution in [0.4, 0.5) is 22.9 Å². The maximum atomic E-state index is 5.63. The summed E-state index contributed by atoms with van der Waals surface area (Å²) in [6.07, 6.45) is 0. The van der Waals surface area contributed by atoms with E-state index in [4.69, 9.17) is 24.6 Å². The molecule has 4 heterocycles. The fourth-order valence-corrected chi connectivity index (χ4v) is 6.07. The number of rotatable bonds is 3. The SMILES string of the molecule is Cc1nn(-c2ccccc2)c2c1[C@@H](c1cccc(Br)c1)N1C(=N2)C(Nc2ccc3c(c2)OCO3)=Nc2ccccc21. The highest BCUT2D eigenvalue weighted by Crippen LogP contribution is 2.48. The van der Waals surface area contributed by atoms with Crippen LogP contribution < -0.4 is 19.7 Å². The van der Waals surface area contributed by atoms with Gasteiger partial charge in [0.15, 0.2) is 29.0 Å². The summed E-state index contributed by atoms with van der Waals surface area (Å²) in [4.78, 5) is 12.6. The molecule has 0 saturated heterocycles. The largest absolute Gasteiger partial charge is 0.454 e. The average Bonchev–Trinajstić information content (AvgIpc) is 3.60. The first-order valence-corrected chi connectivity index (χ1v) is 14.1. The Morgan fingerprint density at radius 2 is 1.68 bits per heavy atom. The van der Waals surface area contributed by atoms with E-state index >= 15 is 0 Å². The molecular formula is C32H23BrN6O2. The number of aromatic nitrogens is 2. The number of nitrogens with zero attached hydrogens (tertiary/aromatic N) is 5. The van der Waals surface area contributed by atoms with Crippen LogP contribution in [0.5, 0.6) is 11.5 Å². The van der Waals surface area contributed by atoms with E-state index in [0.717, 1.165) is 55.6 Å². The number of fused-ring (bicyclic) bond motifs is 5. The van der Waals surface area contributed by atoms with Crippen molar-refractivity contribution in [3.63, 3.8) is 0 Å². The molecular weight excluding hydrogens is 580 g/mol. The monoisotopic (exact) mass is 602 g/mol. The van der Waals surface area contributed by atoms with Crippen molar-refractivity contribution >= 4 is 50.5 Å². The maximum absolute atomic E-state index is 5.63. The van der Waals surface area contributed by atoms with Gasteiger partial charge < -0.3 is 19.7 Å². The molecule has 0 fully saturated rings. The number of para-hydroxylation sites is 3. The highest BCUT2D eigenvalue weighted by atomic mass is 79.9. The standard InChI is InChI=1S/C32H23BrN6O2/c1-19-28-29(20-8-7-9-21(33)16-20)38-25-13-6-5-12-24(25)35-30(34-22-14-15-26-27(17-22)41-18-40-26)32(38)36-31(28)39(37-19)23-10-3-2-4-11-23/h2-17,29H,18H2,1H3,(H,34,35)/t29-/m1/s1. The molecule has 8 nitrogen and oxygen atoms in total. The van der Waals surface area contributed by atoms with E-state index in [1.807, 2.05) is 77.5 Å². The summed E-state index contributed by atoms with van der Waals surface area (Å²) in [5.74, 6) is 3.54. The van der Waals surface area contributed by atoms with Gasteiger partial charge in [0.25, 0.3) is 0 Å². The summed E-state index contributed by atoms with van der Waals surface area (Å²) < 4.78 is 14.1. The number of benzene rings is 4. The quantitative estimate of drug-likeness (QED) is 0.232. The molecule has 200 valence electrons. The smallest absolute Gasteiger partial charge is 0.231 e. The number of aliphatic imine (C=N–C) groups is 2. The molecule has 8 rings (SSSR count). The molecule has 1 aromatic heterocycles. The number of aryl methyl sites for hydroxylation is 1. The van der Waals surface area contributed by atoms with Crippen LogP contribution in [-0.2, 0) is 0 Å². The fourth-order valence-electron chi connectivity index (χ4n) is 5.65. The molecule has 0 bridgehead atoms. The Labute approximate surface area is 244 Å². The van der Waals surface area contributed by atoms with E-state index < -0.39 is 0 Å². The number of anilines is 2. The number of hydrogen-bond acceptors (Lipinski definition) is 7. The van der Waals surface area contributed by atoms with Crippen LogP contribution in [0.15, 0.2) is 112 Å². The van der Waals surface area contributed by atoms with Gasteiger partial charge in [-0.05, 0) is 61.0 Å². The molecule has 0 radical (unpaired) electrons. The van der Waals surface area contributed by atoms with Crippen molar-refractivity contribution in [1.29, 1.82) is 0 Å². The number of nitrogens with one attached hydrogen (secondary N) is 1. The van der Waals surface area contributed by atoms with Crippen LogP contribution in [-0.4, -0.2) is 28.2 Å². The molecule has 3 aliphatic rings. The molecule has 1 atom stereocenters. The minimum absolute atomic E-state index is 0.197. The highest BCUT2D eigenvalue weighted by Gasteiger charge is 2.41. The summed E-state index contributed by atoms with van der Waals surface area (Å²) in [6, 6.07) is 32.3. The lowest BCUT2D eigenvalue weighted by atomic mass is 9.93. The summed E-state index contributed by atoms with van der Waals surface area (Å²) in [5.41, 5.74) is 6.68. The summed E-state index contributed by atoms with van der Waals surface area (Å²) >= 11 is 3.70. The van der Waals surface area contributed by atoms with Crippen molar-refractivity contribution in [3.8, 4) is 17.2 Å². The van der Waals surface area contributed by atoms with E-state index in [2.05, 4.69) is 57.3 Å². The van der Waals surface area contributed by atoms with Gasteiger partial charge in [-0.15, -0.1) is 0 Å². The highest BCUT2D eigenvalue weighted by molar-refractivity contribution is 9.10. The van der Waals surface area contributed by atoms with Crippen LogP contribution in [0.1, 0.15) is 22.9 Å². The van der Waals surface area contributed by atoms with Crippen molar-refractivity contribution in [2.24, 2.45) is 9.98 Å². The maximum Gasteiger partial charge on any atom is 0.231 e. The molecule has 3 aliphatic heterocycles. The molecule has 9 heteroatoms. The van der Waals surface area contributed by atoms with E-state index in [-0.39, 0.29) is 12.8 Å². The number of halogens is 1. The van der Waals surface area contributed by atoms with Crippen molar-refractivity contribution in [2.45, 2.75) is 13.0 Å². The minimum Gasteiger partial charge on any atom is -0.454 e. The third-order valence-corrected chi connectivity index (χ3v) is 7.93. The predicted octanol–water partition coefficient (Wildman–Crippen LogP) is 7.47. The third kappa shape index (κ3) is 3.92. The van der Waals surface area contributed by atoms with Gasteiger partial charge in [0, 0.05) is 21.8 Å². The predicted molar refractivity (Wildman–Crippen MR) is 164 cm³/mol. The van der Waals surface area contributed by atoms with Crippen molar-refractivity contribution in [3.05, 3.63) is 118 Å². The molecule has 0 spiro atoms. The molecule has 41 heavy (non-hydrogen) atoms. The Bertz CT molecular complexity index is 1900. The zero-order valence-electron chi connectivity index (χ0n) is 22.0. The Kier molecular flexibility index (Phi) is 5.46. The second kappa shape index (κ2) is 9.35. The van der Waals surface area contributed by atoms with Crippen molar-refractivity contribution in [1.82, 2.24) is 9.78 Å². The first kappa shape index (κ1) is 24.0. The molecule has 5 aromatic rings. The Morgan fingerprint density at radius 1 is 0.854 bits per heavy atom. The zero-order valence-corrected chi connectivity index (χ0v) is 23.5. The van der Waals surface area contributed by atoms with Crippen molar-refractivity contribution < 1.29 is 9.47 Å². The lowest BCUT2D eigenvalue weighted by Crippen LogP contribution is -2.46. The molecule has 4 aromatic carbocycles. The second-order valence-corrected chi connectivity index (χ2v) is 10.9. The van der Waals surface area contributed by atoms with Crippen molar-refractivity contribution in [2.75, 3.05) is 17.0 Å². The Balaban J connectivity index is 1.37. The fraction of sp³-hybridized carbons (Fsp3) is 0.0938. The first-order valence-electron chi connectivity index (χ1n) is 13.3. The summed E-state index contributed by atoms with van der Waals surface area (Å²) in [7, 11) is 0. The number of hydrogen-bond donors (Lipinski definition) is 1. The van der Waals surface area contributed by atoms with Crippen LogP contribution in [0.3, 0.4) is 0 Å². The molecule has 0 saturated carbocycles. The lowest BCUT2D eigenvalue weighted by molar-refractivity contribution is 0.174. The van der Waals surface area contributed by atoms with Crippen LogP contribution in [0, 0.1) is 6.92 Å². The van der Waals surface area contributed by atoms with Crippen LogP contribution in [0.2, 0.25) is 0 Å². The van der Waals surface area contributed by atoms with Gasteiger partial charge in [-0.25, -0.2) is 14.7 Å². The topological polar surface area (TPSA) is 76.3 Å². The van der Waals surface area contributed by atoms with Gasteiger partial charge in [0.05, 0.1) is 28.8 Å². The average molecular weight is 603 g/mol. The molecule has 1 N–H and O–H groups in total. The van der Waals surface area contributed by atoms with Gasteiger partial charge in [-0.1, -0.05) is 58.4 Å². The number of ether oxygens (including phenoxy) is 2. The Hall–Kier alpha value is -4.89. The molecule has 0 unspecified atom stereocenters. The normalized spacial score (nSPS) is 16.3.